The Bertz CT molecular complexity index is 1590. The number of fused-ring (bicyclic) bond motifs is 5. The molecule has 1 aromatic heterocycles. The third-order valence-electron chi connectivity index (χ3n) is 6.84. The maximum Gasteiger partial charge on any atom is 0.140 e. The molecule has 0 atom stereocenters. The SMILES string of the molecule is CC(C)Cc1c2c(cc3ccccc13)-c1nccc3c1c(cc1cccc(CC(C)(C)C)c13)O2. The minimum Gasteiger partial charge on any atom is -0.456 e. The molecular weight excluding hydrogens is 414 g/mol. The molecule has 0 N–H and O–H groups in total. The van der Waals surface area contributed by atoms with Crippen LogP contribution in [0.1, 0.15) is 45.7 Å². The van der Waals surface area contributed by atoms with Crippen LogP contribution in [0.3, 0.4) is 0 Å². The van der Waals surface area contributed by atoms with Crippen molar-refractivity contribution in [1.82, 2.24) is 4.98 Å². The molecule has 170 valence electrons. The molecule has 2 nitrogen and oxygen atoms in total. The lowest BCUT2D eigenvalue weighted by molar-refractivity contribution is 0.413. The van der Waals surface area contributed by atoms with Gasteiger partial charge in [0.15, 0.2) is 0 Å². The zero-order valence-electron chi connectivity index (χ0n) is 20.7. The zero-order valence-corrected chi connectivity index (χ0v) is 20.7. The van der Waals surface area contributed by atoms with Crippen LogP contribution in [-0.2, 0) is 12.8 Å². The molecule has 0 unspecified atom stereocenters. The van der Waals surface area contributed by atoms with Crippen LogP contribution < -0.4 is 4.74 Å². The summed E-state index contributed by atoms with van der Waals surface area (Å²) in [5.74, 6) is 2.43. The number of hydrogen-bond donors (Lipinski definition) is 0. The summed E-state index contributed by atoms with van der Waals surface area (Å²) < 4.78 is 6.80. The highest BCUT2D eigenvalue weighted by Crippen LogP contribution is 2.51. The molecule has 0 aliphatic carbocycles. The summed E-state index contributed by atoms with van der Waals surface area (Å²) in [4.78, 5) is 4.94. The number of nitrogens with zero attached hydrogens (tertiary/aromatic N) is 1. The molecule has 4 aromatic carbocycles. The summed E-state index contributed by atoms with van der Waals surface area (Å²) in [5, 5.41) is 7.46. The predicted molar refractivity (Wildman–Crippen MR) is 144 cm³/mol. The first-order valence-electron chi connectivity index (χ1n) is 12.4. The van der Waals surface area contributed by atoms with Gasteiger partial charge in [-0.25, -0.2) is 0 Å². The Morgan fingerprint density at radius 2 is 1.65 bits per heavy atom. The quantitative estimate of drug-likeness (QED) is 0.253. The van der Waals surface area contributed by atoms with Crippen molar-refractivity contribution in [3.63, 3.8) is 0 Å². The van der Waals surface area contributed by atoms with E-state index in [1.807, 2.05) is 6.20 Å². The lowest BCUT2D eigenvalue weighted by atomic mass is 9.84. The highest BCUT2D eigenvalue weighted by Gasteiger charge is 2.27. The number of ether oxygens (including phenoxy) is 1. The molecule has 0 spiro atoms. The average molecular weight is 446 g/mol. The minimum atomic E-state index is 0.208. The summed E-state index contributed by atoms with van der Waals surface area (Å²) in [6.07, 6.45) is 3.97. The molecule has 0 saturated carbocycles. The molecule has 1 aliphatic rings. The standard InChI is InChI=1S/C32H31NO/c1-19(2)15-25-23-12-7-6-9-20(23)16-26-30-29-24(13-14-33-30)28-21(17-27(29)34-31(25)26)10-8-11-22(28)18-32(3,4)5/h6-14,16-17,19H,15,18H2,1-5H3. The van der Waals surface area contributed by atoms with E-state index in [0.29, 0.717) is 5.92 Å². The van der Waals surface area contributed by atoms with E-state index < -0.39 is 0 Å². The molecule has 0 amide bonds. The second-order valence-electron chi connectivity index (χ2n) is 11.4. The number of rotatable bonds is 3. The summed E-state index contributed by atoms with van der Waals surface area (Å²) in [7, 11) is 0. The van der Waals surface area contributed by atoms with Crippen LogP contribution in [0.15, 0.2) is 66.9 Å². The molecule has 5 aromatic rings. The predicted octanol–water partition coefficient (Wildman–Crippen LogP) is 9.10. The summed E-state index contributed by atoms with van der Waals surface area (Å²) >= 11 is 0. The molecule has 6 rings (SSSR count). The minimum absolute atomic E-state index is 0.208. The van der Waals surface area contributed by atoms with E-state index in [2.05, 4.69) is 95.3 Å². The second kappa shape index (κ2) is 7.56. The normalized spacial score (nSPS) is 13.0. The van der Waals surface area contributed by atoms with Crippen molar-refractivity contribution >= 4 is 32.3 Å². The molecule has 0 fully saturated rings. The second-order valence-corrected chi connectivity index (χ2v) is 11.4. The Kier molecular flexibility index (Phi) is 4.71. The zero-order chi connectivity index (χ0) is 23.6. The maximum absolute atomic E-state index is 6.80. The number of hydrogen-bond acceptors (Lipinski definition) is 2. The molecular formula is C32H31NO. The average Bonchev–Trinajstić information content (AvgIpc) is 2.78. The smallest absolute Gasteiger partial charge is 0.140 e. The van der Waals surface area contributed by atoms with E-state index >= 15 is 0 Å². The molecule has 0 saturated heterocycles. The van der Waals surface area contributed by atoms with Gasteiger partial charge in [-0.2, -0.15) is 0 Å². The molecule has 34 heavy (non-hydrogen) atoms. The highest BCUT2D eigenvalue weighted by molar-refractivity contribution is 6.17. The van der Waals surface area contributed by atoms with Crippen molar-refractivity contribution in [1.29, 1.82) is 0 Å². The first-order valence-corrected chi connectivity index (χ1v) is 12.4. The molecule has 0 bridgehead atoms. The van der Waals surface area contributed by atoms with E-state index in [-0.39, 0.29) is 5.41 Å². The maximum atomic E-state index is 6.80. The fourth-order valence-corrected chi connectivity index (χ4v) is 5.62. The summed E-state index contributed by atoms with van der Waals surface area (Å²) in [6, 6.07) is 22.0. The van der Waals surface area contributed by atoms with Gasteiger partial charge < -0.3 is 4.74 Å². The van der Waals surface area contributed by atoms with Gasteiger partial charge in [-0.15, -0.1) is 0 Å². The number of benzene rings is 4. The van der Waals surface area contributed by atoms with E-state index in [9.17, 15) is 0 Å². The van der Waals surface area contributed by atoms with Crippen molar-refractivity contribution in [2.75, 3.05) is 0 Å². The van der Waals surface area contributed by atoms with Gasteiger partial charge in [0.1, 0.15) is 11.5 Å². The van der Waals surface area contributed by atoms with E-state index in [1.54, 1.807) is 0 Å². The lowest BCUT2D eigenvalue weighted by Gasteiger charge is -2.26. The Hall–Kier alpha value is -3.39. The summed E-state index contributed by atoms with van der Waals surface area (Å²) in [6.45, 7) is 11.5. The van der Waals surface area contributed by atoms with Gasteiger partial charge in [-0.1, -0.05) is 77.1 Å². The number of pyridine rings is 1. The molecule has 1 aliphatic heterocycles. The third kappa shape index (κ3) is 3.36. The van der Waals surface area contributed by atoms with Crippen molar-refractivity contribution in [2.24, 2.45) is 11.3 Å². The van der Waals surface area contributed by atoms with Crippen LogP contribution in [0.2, 0.25) is 0 Å². The van der Waals surface area contributed by atoms with Crippen molar-refractivity contribution < 1.29 is 4.74 Å². The Morgan fingerprint density at radius 1 is 0.853 bits per heavy atom. The van der Waals surface area contributed by atoms with E-state index in [4.69, 9.17) is 9.72 Å². The largest absolute Gasteiger partial charge is 0.456 e. The van der Waals surface area contributed by atoms with Crippen LogP contribution in [0.25, 0.3) is 43.6 Å². The molecule has 2 heterocycles. The first-order chi connectivity index (χ1) is 16.3. The number of aromatic nitrogens is 1. The van der Waals surface area contributed by atoms with Crippen LogP contribution in [-0.4, -0.2) is 4.98 Å². The topological polar surface area (TPSA) is 22.1 Å². The van der Waals surface area contributed by atoms with E-state index in [1.165, 1.54) is 38.1 Å². The van der Waals surface area contributed by atoms with Gasteiger partial charge in [-0.3, -0.25) is 4.98 Å². The van der Waals surface area contributed by atoms with Gasteiger partial charge in [0.05, 0.1) is 11.1 Å². The van der Waals surface area contributed by atoms with Crippen LogP contribution >= 0.6 is 0 Å². The Morgan fingerprint density at radius 3 is 2.44 bits per heavy atom. The van der Waals surface area contributed by atoms with Crippen LogP contribution in [0, 0.1) is 11.3 Å². The summed E-state index contributed by atoms with van der Waals surface area (Å²) in [5.41, 5.74) is 5.03. The van der Waals surface area contributed by atoms with Crippen molar-refractivity contribution in [3.05, 3.63) is 78.0 Å². The fourth-order valence-electron chi connectivity index (χ4n) is 5.62. The Balaban J connectivity index is 1.70. The van der Waals surface area contributed by atoms with Gasteiger partial charge in [0.2, 0.25) is 0 Å². The Labute approximate surface area is 201 Å². The van der Waals surface area contributed by atoms with Gasteiger partial charge >= 0.3 is 0 Å². The van der Waals surface area contributed by atoms with Crippen LogP contribution in [0.5, 0.6) is 11.5 Å². The fraction of sp³-hybridized carbons (Fsp3) is 0.281. The third-order valence-corrected chi connectivity index (χ3v) is 6.84. The molecule has 0 radical (unpaired) electrons. The van der Waals surface area contributed by atoms with Gasteiger partial charge in [0, 0.05) is 17.3 Å². The van der Waals surface area contributed by atoms with Gasteiger partial charge in [0.25, 0.3) is 0 Å². The highest BCUT2D eigenvalue weighted by atomic mass is 16.5. The van der Waals surface area contributed by atoms with Crippen molar-refractivity contribution in [2.45, 2.75) is 47.5 Å². The lowest BCUT2D eigenvalue weighted by Crippen LogP contribution is -2.10. The van der Waals surface area contributed by atoms with Crippen LogP contribution in [0.4, 0.5) is 0 Å². The van der Waals surface area contributed by atoms with E-state index in [0.717, 1.165) is 41.0 Å². The molecule has 2 heteroatoms. The monoisotopic (exact) mass is 445 g/mol. The van der Waals surface area contributed by atoms with Gasteiger partial charge in [-0.05, 0) is 74.9 Å². The first kappa shape index (κ1) is 21.2. The van der Waals surface area contributed by atoms with Crippen molar-refractivity contribution in [3.8, 4) is 22.8 Å².